The van der Waals surface area contributed by atoms with Gasteiger partial charge in [0.2, 0.25) is 0 Å². The molecule has 1 aliphatic rings. The van der Waals surface area contributed by atoms with E-state index in [1.165, 1.54) is 5.56 Å². The van der Waals surface area contributed by atoms with Gasteiger partial charge in [0.1, 0.15) is 18.1 Å². The molecule has 25 heavy (non-hydrogen) atoms. The molecular formula is C21H17ClO3. The maximum Gasteiger partial charge on any atom is 0.189 e. The SMILES string of the molecule is Clc1cc2c(c(COc3ccc(-c4ccccc4)cc3)c1)OCOC2. The summed E-state index contributed by atoms with van der Waals surface area (Å²) in [5.41, 5.74) is 4.23. The Morgan fingerprint density at radius 1 is 0.920 bits per heavy atom. The molecule has 0 N–H and O–H groups in total. The molecule has 0 aliphatic carbocycles. The first-order chi connectivity index (χ1) is 12.3. The van der Waals surface area contributed by atoms with E-state index in [1.807, 2.05) is 42.5 Å². The molecule has 0 atom stereocenters. The van der Waals surface area contributed by atoms with Crippen molar-refractivity contribution in [2.24, 2.45) is 0 Å². The van der Waals surface area contributed by atoms with Crippen LogP contribution in [0.25, 0.3) is 11.1 Å². The zero-order valence-electron chi connectivity index (χ0n) is 13.6. The molecule has 0 unspecified atom stereocenters. The second-order valence-corrected chi connectivity index (χ2v) is 6.28. The lowest BCUT2D eigenvalue weighted by Gasteiger charge is -2.21. The van der Waals surface area contributed by atoms with Gasteiger partial charge in [-0.15, -0.1) is 0 Å². The minimum Gasteiger partial charge on any atom is -0.489 e. The maximum atomic E-state index is 6.19. The van der Waals surface area contributed by atoms with Crippen molar-refractivity contribution in [1.82, 2.24) is 0 Å². The minimum absolute atomic E-state index is 0.257. The summed E-state index contributed by atoms with van der Waals surface area (Å²) in [6, 6.07) is 22.1. The predicted molar refractivity (Wildman–Crippen MR) is 97.9 cm³/mol. The van der Waals surface area contributed by atoms with E-state index in [2.05, 4.69) is 24.3 Å². The van der Waals surface area contributed by atoms with Crippen LogP contribution in [0.5, 0.6) is 11.5 Å². The smallest absolute Gasteiger partial charge is 0.189 e. The van der Waals surface area contributed by atoms with Crippen LogP contribution in [0.1, 0.15) is 11.1 Å². The van der Waals surface area contributed by atoms with E-state index in [0.29, 0.717) is 18.2 Å². The van der Waals surface area contributed by atoms with Crippen molar-refractivity contribution >= 4 is 11.6 Å². The molecule has 0 aromatic heterocycles. The molecule has 3 nitrogen and oxygen atoms in total. The molecule has 3 aromatic rings. The number of ether oxygens (including phenoxy) is 3. The molecule has 0 bridgehead atoms. The molecular weight excluding hydrogens is 336 g/mol. The monoisotopic (exact) mass is 352 g/mol. The highest BCUT2D eigenvalue weighted by Gasteiger charge is 2.16. The second kappa shape index (κ2) is 7.18. The fourth-order valence-electron chi connectivity index (χ4n) is 2.90. The number of benzene rings is 3. The van der Waals surface area contributed by atoms with Gasteiger partial charge in [-0.25, -0.2) is 0 Å². The highest BCUT2D eigenvalue weighted by molar-refractivity contribution is 6.30. The summed E-state index contributed by atoms with van der Waals surface area (Å²) < 4.78 is 16.8. The summed E-state index contributed by atoms with van der Waals surface area (Å²) >= 11 is 6.19. The number of hydrogen-bond acceptors (Lipinski definition) is 3. The largest absolute Gasteiger partial charge is 0.489 e. The van der Waals surface area contributed by atoms with Crippen LogP contribution in [0.4, 0.5) is 0 Å². The van der Waals surface area contributed by atoms with Gasteiger partial charge in [0, 0.05) is 16.1 Å². The van der Waals surface area contributed by atoms with E-state index in [-0.39, 0.29) is 6.79 Å². The first kappa shape index (κ1) is 16.0. The van der Waals surface area contributed by atoms with Gasteiger partial charge in [0.15, 0.2) is 6.79 Å². The van der Waals surface area contributed by atoms with Crippen LogP contribution in [0, 0.1) is 0 Å². The molecule has 0 fully saturated rings. The molecule has 0 amide bonds. The van der Waals surface area contributed by atoms with Crippen molar-refractivity contribution in [2.45, 2.75) is 13.2 Å². The van der Waals surface area contributed by atoms with E-state index in [0.717, 1.165) is 28.2 Å². The molecule has 3 aromatic carbocycles. The normalized spacial score (nSPS) is 13.0. The van der Waals surface area contributed by atoms with E-state index < -0.39 is 0 Å². The molecule has 0 saturated carbocycles. The Hall–Kier alpha value is -2.49. The number of rotatable bonds is 4. The van der Waals surface area contributed by atoms with Gasteiger partial charge in [-0.05, 0) is 35.4 Å². The van der Waals surface area contributed by atoms with Crippen LogP contribution in [-0.4, -0.2) is 6.79 Å². The lowest BCUT2D eigenvalue weighted by atomic mass is 10.1. The molecule has 0 radical (unpaired) electrons. The van der Waals surface area contributed by atoms with Gasteiger partial charge in [0.25, 0.3) is 0 Å². The third-order valence-electron chi connectivity index (χ3n) is 4.11. The zero-order valence-corrected chi connectivity index (χ0v) is 14.3. The quantitative estimate of drug-likeness (QED) is 0.624. The van der Waals surface area contributed by atoms with Gasteiger partial charge in [0.05, 0.1) is 6.61 Å². The van der Waals surface area contributed by atoms with Gasteiger partial charge in [-0.3, -0.25) is 0 Å². The van der Waals surface area contributed by atoms with E-state index in [9.17, 15) is 0 Å². The lowest BCUT2D eigenvalue weighted by molar-refractivity contribution is -0.0175. The van der Waals surface area contributed by atoms with Crippen LogP contribution < -0.4 is 9.47 Å². The van der Waals surface area contributed by atoms with Crippen molar-refractivity contribution < 1.29 is 14.2 Å². The van der Waals surface area contributed by atoms with Crippen molar-refractivity contribution in [3.05, 3.63) is 82.9 Å². The Balaban J connectivity index is 1.50. The summed E-state index contributed by atoms with van der Waals surface area (Å²) in [5.74, 6) is 1.62. The first-order valence-electron chi connectivity index (χ1n) is 8.10. The van der Waals surface area contributed by atoms with Crippen LogP contribution in [0.3, 0.4) is 0 Å². The minimum atomic E-state index is 0.257. The molecule has 1 aliphatic heterocycles. The Bertz CT molecular complexity index is 860. The summed E-state index contributed by atoms with van der Waals surface area (Å²) in [6.07, 6.45) is 0. The second-order valence-electron chi connectivity index (χ2n) is 5.84. The third-order valence-corrected chi connectivity index (χ3v) is 4.33. The molecule has 4 heteroatoms. The highest BCUT2D eigenvalue weighted by Crippen LogP contribution is 2.32. The van der Waals surface area contributed by atoms with Crippen LogP contribution in [-0.2, 0) is 18.0 Å². The molecule has 0 spiro atoms. The van der Waals surface area contributed by atoms with E-state index in [4.69, 9.17) is 25.8 Å². The zero-order chi connectivity index (χ0) is 17.1. The average Bonchev–Trinajstić information content (AvgIpc) is 2.67. The van der Waals surface area contributed by atoms with Crippen LogP contribution in [0.2, 0.25) is 5.02 Å². The van der Waals surface area contributed by atoms with E-state index >= 15 is 0 Å². The summed E-state index contributed by atoms with van der Waals surface area (Å²) in [5, 5.41) is 0.658. The average molecular weight is 353 g/mol. The molecule has 4 rings (SSSR count). The topological polar surface area (TPSA) is 27.7 Å². The Labute approximate surface area is 151 Å². The van der Waals surface area contributed by atoms with Gasteiger partial charge < -0.3 is 14.2 Å². The van der Waals surface area contributed by atoms with Crippen LogP contribution in [0.15, 0.2) is 66.7 Å². The number of hydrogen-bond donors (Lipinski definition) is 0. The van der Waals surface area contributed by atoms with Crippen molar-refractivity contribution in [3.63, 3.8) is 0 Å². The molecule has 126 valence electrons. The van der Waals surface area contributed by atoms with Gasteiger partial charge in [-0.1, -0.05) is 54.1 Å². The summed E-state index contributed by atoms with van der Waals surface area (Å²) in [7, 11) is 0. The Kier molecular flexibility index (Phi) is 4.59. The molecule has 1 heterocycles. The number of fused-ring (bicyclic) bond motifs is 1. The molecule has 0 saturated heterocycles. The standard InChI is InChI=1S/C21H17ClO3/c22-19-10-17-12-23-14-25-21(17)18(11-19)13-24-20-8-6-16(7-9-20)15-4-2-1-3-5-15/h1-11H,12-14H2. The lowest BCUT2D eigenvalue weighted by Crippen LogP contribution is -2.14. The van der Waals surface area contributed by atoms with Crippen molar-refractivity contribution in [3.8, 4) is 22.6 Å². The van der Waals surface area contributed by atoms with Crippen molar-refractivity contribution in [1.29, 1.82) is 0 Å². The fraction of sp³-hybridized carbons (Fsp3) is 0.143. The van der Waals surface area contributed by atoms with Crippen LogP contribution >= 0.6 is 11.6 Å². The first-order valence-corrected chi connectivity index (χ1v) is 8.47. The van der Waals surface area contributed by atoms with E-state index in [1.54, 1.807) is 0 Å². The highest BCUT2D eigenvalue weighted by atomic mass is 35.5. The van der Waals surface area contributed by atoms with Gasteiger partial charge in [-0.2, -0.15) is 0 Å². The van der Waals surface area contributed by atoms with Crippen molar-refractivity contribution in [2.75, 3.05) is 6.79 Å². The third kappa shape index (κ3) is 3.63. The number of halogens is 1. The summed E-state index contributed by atoms with van der Waals surface area (Å²) in [4.78, 5) is 0. The fourth-order valence-corrected chi connectivity index (χ4v) is 3.16. The summed E-state index contributed by atoms with van der Waals surface area (Å²) in [6.45, 7) is 1.16. The Morgan fingerprint density at radius 3 is 2.48 bits per heavy atom. The predicted octanol–water partition coefficient (Wildman–Crippen LogP) is 5.45. The Morgan fingerprint density at radius 2 is 1.68 bits per heavy atom. The van der Waals surface area contributed by atoms with Gasteiger partial charge >= 0.3 is 0 Å². The maximum absolute atomic E-state index is 6.19.